The van der Waals surface area contributed by atoms with E-state index in [0.717, 1.165) is 13.1 Å². The Hall–Kier alpha value is -1.92. The summed E-state index contributed by atoms with van der Waals surface area (Å²) in [6, 6.07) is 7.28. The molecule has 0 bridgehead atoms. The molecule has 1 aromatic rings. The van der Waals surface area contributed by atoms with Crippen LogP contribution in [0.4, 0.5) is 11.4 Å². The number of nitrogens with one attached hydrogen (secondary N) is 3. The first-order chi connectivity index (χ1) is 11.7. The number of carbonyl (C=O) groups excluding carboxylic acids is 2. The zero-order valence-electron chi connectivity index (χ0n) is 14.4. The number of rotatable bonds is 7. The van der Waals surface area contributed by atoms with E-state index in [1.54, 1.807) is 6.07 Å². The Balaban J connectivity index is 1.84. The Labute approximate surface area is 144 Å². The predicted octanol–water partition coefficient (Wildman–Crippen LogP) is 2.05. The minimum Gasteiger partial charge on any atom is -0.326 e. The molecule has 3 N–H and O–H groups in total. The van der Waals surface area contributed by atoms with Crippen molar-refractivity contribution in [1.82, 2.24) is 10.2 Å². The van der Waals surface area contributed by atoms with Crippen molar-refractivity contribution in [2.75, 3.05) is 43.9 Å². The van der Waals surface area contributed by atoms with Crippen molar-refractivity contribution >= 4 is 23.2 Å². The standard InChI is InChI=1S/C18H28N4O2/c1-19-10-9-17(23)20-15-7-6-8-16(13-15)21-18(24)14-22-11-4-2-3-5-12-22/h6-8,13,19H,2-5,9-12,14H2,1H3,(H,20,23)(H,21,24). The Morgan fingerprint density at radius 1 is 1.00 bits per heavy atom. The van der Waals surface area contributed by atoms with E-state index in [1.165, 1.54) is 25.7 Å². The van der Waals surface area contributed by atoms with Crippen LogP contribution in [-0.2, 0) is 9.59 Å². The van der Waals surface area contributed by atoms with Crippen LogP contribution in [0.25, 0.3) is 0 Å². The van der Waals surface area contributed by atoms with Crippen molar-refractivity contribution in [1.29, 1.82) is 0 Å². The molecule has 6 nitrogen and oxygen atoms in total. The number of hydrogen-bond acceptors (Lipinski definition) is 4. The zero-order chi connectivity index (χ0) is 17.2. The van der Waals surface area contributed by atoms with E-state index in [2.05, 4.69) is 20.9 Å². The van der Waals surface area contributed by atoms with Gasteiger partial charge in [-0.1, -0.05) is 18.9 Å². The van der Waals surface area contributed by atoms with Crippen LogP contribution in [0, 0.1) is 0 Å². The minimum atomic E-state index is -0.0441. The fourth-order valence-corrected chi connectivity index (χ4v) is 2.83. The van der Waals surface area contributed by atoms with Crippen LogP contribution in [0.2, 0.25) is 0 Å². The molecule has 1 heterocycles. The summed E-state index contributed by atoms with van der Waals surface area (Å²) in [7, 11) is 1.81. The smallest absolute Gasteiger partial charge is 0.238 e. The molecule has 2 amide bonds. The monoisotopic (exact) mass is 332 g/mol. The van der Waals surface area contributed by atoms with Gasteiger partial charge >= 0.3 is 0 Å². The van der Waals surface area contributed by atoms with Gasteiger partial charge < -0.3 is 16.0 Å². The number of likely N-dealkylation sites (tertiary alicyclic amines) is 1. The van der Waals surface area contributed by atoms with Crippen LogP contribution < -0.4 is 16.0 Å². The van der Waals surface area contributed by atoms with E-state index in [9.17, 15) is 9.59 Å². The lowest BCUT2D eigenvalue weighted by atomic mass is 10.2. The van der Waals surface area contributed by atoms with Crippen molar-refractivity contribution < 1.29 is 9.59 Å². The Morgan fingerprint density at radius 3 is 2.25 bits per heavy atom. The van der Waals surface area contributed by atoms with Gasteiger partial charge in [-0.05, 0) is 51.2 Å². The van der Waals surface area contributed by atoms with Crippen LogP contribution in [-0.4, -0.2) is 49.9 Å². The Kier molecular flexibility index (Phi) is 7.71. The molecular weight excluding hydrogens is 304 g/mol. The molecule has 1 aromatic carbocycles. The van der Waals surface area contributed by atoms with Crippen molar-refractivity contribution in [3.8, 4) is 0 Å². The van der Waals surface area contributed by atoms with Gasteiger partial charge in [0.1, 0.15) is 0 Å². The topological polar surface area (TPSA) is 73.5 Å². The number of amides is 2. The van der Waals surface area contributed by atoms with Gasteiger partial charge in [-0.15, -0.1) is 0 Å². The fourth-order valence-electron chi connectivity index (χ4n) is 2.83. The van der Waals surface area contributed by atoms with Gasteiger partial charge in [0.05, 0.1) is 6.54 Å². The fraction of sp³-hybridized carbons (Fsp3) is 0.556. The van der Waals surface area contributed by atoms with Gasteiger partial charge in [0.15, 0.2) is 0 Å². The highest BCUT2D eigenvalue weighted by molar-refractivity contribution is 5.94. The van der Waals surface area contributed by atoms with E-state index in [-0.39, 0.29) is 11.8 Å². The van der Waals surface area contributed by atoms with E-state index < -0.39 is 0 Å². The Bertz CT molecular complexity index is 540. The first-order valence-electron chi connectivity index (χ1n) is 8.74. The number of carbonyl (C=O) groups is 2. The van der Waals surface area contributed by atoms with Crippen LogP contribution in [0.15, 0.2) is 24.3 Å². The summed E-state index contributed by atoms with van der Waals surface area (Å²) in [4.78, 5) is 26.2. The lowest BCUT2D eigenvalue weighted by Gasteiger charge is -2.19. The molecule has 2 rings (SSSR count). The molecule has 0 aliphatic carbocycles. The Morgan fingerprint density at radius 2 is 1.62 bits per heavy atom. The maximum atomic E-state index is 12.2. The third-order valence-corrected chi connectivity index (χ3v) is 4.10. The summed E-state index contributed by atoms with van der Waals surface area (Å²) < 4.78 is 0. The summed E-state index contributed by atoms with van der Waals surface area (Å²) in [5, 5.41) is 8.70. The minimum absolute atomic E-state index is 0.00411. The summed E-state index contributed by atoms with van der Waals surface area (Å²) in [6.45, 7) is 3.06. The van der Waals surface area contributed by atoms with Crippen molar-refractivity contribution in [2.24, 2.45) is 0 Å². The number of anilines is 2. The van der Waals surface area contributed by atoms with Crippen LogP contribution >= 0.6 is 0 Å². The molecule has 24 heavy (non-hydrogen) atoms. The summed E-state index contributed by atoms with van der Waals surface area (Å²) in [6.07, 6.45) is 5.27. The van der Waals surface area contributed by atoms with Crippen LogP contribution in [0.5, 0.6) is 0 Å². The molecule has 6 heteroatoms. The third-order valence-electron chi connectivity index (χ3n) is 4.10. The largest absolute Gasteiger partial charge is 0.326 e. The first-order valence-corrected chi connectivity index (χ1v) is 8.74. The zero-order valence-corrected chi connectivity index (χ0v) is 14.4. The van der Waals surface area contributed by atoms with Gasteiger partial charge in [-0.3, -0.25) is 14.5 Å². The molecule has 0 atom stereocenters. The van der Waals surface area contributed by atoms with Crippen molar-refractivity contribution in [3.05, 3.63) is 24.3 Å². The van der Waals surface area contributed by atoms with Gasteiger partial charge in [-0.2, -0.15) is 0 Å². The molecule has 0 radical (unpaired) electrons. The second-order valence-electron chi connectivity index (χ2n) is 6.22. The summed E-state index contributed by atoms with van der Waals surface area (Å²) in [5.41, 5.74) is 1.41. The SMILES string of the molecule is CNCCC(=O)Nc1cccc(NC(=O)CN2CCCCCC2)c1. The molecule has 1 aliphatic rings. The molecular formula is C18H28N4O2. The molecule has 1 saturated heterocycles. The van der Waals surface area contributed by atoms with Gasteiger partial charge in [0.2, 0.25) is 11.8 Å². The van der Waals surface area contributed by atoms with E-state index in [1.807, 2.05) is 25.2 Å². The van der Waals surface area contributed by atoms with Crippen molar-refractivity contribution in [2.45, 2.75) is 32.1 Å². The lowest BCUT2D eigenvalue weighted by molar-refractivity contribution is -0.117. The molecule has 1 fully saturated rings. The highest BCUT2D eigenvalue weighted by Crippen LogP contribution is 2.16. The molecule has 0 spiro atoms. The molecule has 132 valence electrons. The molecule has 1 aliphatic heterocycles. The van der Waals surface area contributed by atoms with Gasteiger partial charge in [-0.25, -0.2) is 0 Å². The van der Waals surface area contributed by atoms with Crippen LogP contribution in [0.1, 0.15) is 32.1 Å². The van der Waals surface area contributed by atoms with E-state index in [4.69, 9.17) is 0 Å². The summed E-state index contributed by atoms with van der Waals surface area (Å²) >= 11 is 0. The maximum Gasteiger partial charge on any atom is 0.238 e. The van der Waals surface area contributed by atoms with Gasteiger partial charge in [0, 0.05) is 24.3 Å². The van der Waals surface area contributed by atoms with Gasteiger partial charge in [0.25, 0.3) is 0 Å². The maximum absolute atomic E-state index is 12.2. The van der Waals surface area contributed by atoms with Crippen molar-refractivity contribution in [3.63, 3.8) is 0 Å². The average molecular weight is 332 g/mol. The average Bonchev–Trinajstić information content (AvgIpc) is 2.81. The molecule has 0 unspecified atom stereocenters. The highest BCUT2D eigenvalue weighted by Gasteiger charge is 2.13. The lowest BCUT2D eigenvalue weighted by Crippen LogP contribution is -2.33. The number of benzene rings is 1. The van der Waals surface area contributed by atoms with E-state index >= 15 is 0 Å². The molecule has 0 aromatic heterocycles. The quantitative estimate of drug-likeness (QED) is 0.714. The number of hydrogen-bond donors (Lipinski definition) is 3. The number of nitrogens with zero attached hydrogens (tertiary/aromatic N) is 1. The van der Waals surface area contributed by atoms with Crippen LogP contribution in [0.3, 0.4) is 0 Å². The second-order valence-corrected chi connectivity index (χ2v) is 6.22. The normalized spacial score (nSPS) is 15.5. The van der Waals surface area contributed by atoms with E-state index in [0.29, 0.717) is 30.9 Å². The third kappa shape index (κ3) is 6.68. The highest BCUT2D eigenvalue weighted by atomic mass is 16.2. The predicted molar refractivity (Wildman–Crippen MR) is 97.2 cm³/mol. The second kappa shape index (κ2) is 10.1. The summed E-state index contributed by atoms with van der Waals surface area (Å²) in [5.74, 6) is -0.0482. The first kappa shape index (κ1) is 18.4. The molecule has 0 saturated carbocycles.